The molecule has 0 aliphatic carbocycles. The van der Waals surface area contributed by atoms with Gasteiger partial charge in [-0.05, 0) is 18.6 Å². The Morgan fingerprint density at radius 2 is 2.25 bits per heavy atom. The van der Waals surface area contributed by atoms with Gasteiger partial charge in [-0.15, -0.1) is 0 Å². The monoisotopic (exact) mass is 221 g/mol. The van der Waals surface area contributed by atoms with Gasteiger partial charge < -0.3 is 4.74 Å². The fourth-order valence-corrected chi connectivity index (χ4v) is 1.26. The van der Waals surface area contributed by atoms with E-state index in [4.69, 9.17) is 4.74 Å². The summed E-state index contributed by atoms with van der Waals surface area (Å²) in [5.74, 6) is 0.919. The van der Waals surface area contributed by atoms with Crippen LogP contribution in [0.5, 0.6) is 5.75 Å². The van der Waals surface area contributed by atoms with Gasteiger partial charge in [-0.1, -0.05) is 6.07 Å². The fourth-order valence-electron chi connectivity index (χ4n) is 1.26. The lowest BCUT2D eigenvalue weighted by molar-refractivity contribution is 0.288. The van der Waals surface area contributed by atoms with Gasteiger partial charge in [-0.2, -0.15) is 5.10 Å². The van der Waals surface area contributed by atoms with Crippen molar-refractivity contribution < 1.29 is 9.13 Å². The highest BCUT2D eigenvalue weighted by atomic mass is 19.1. The van der Waals surface area contributed by atoms with E-state index >= 15 is 0 Å². The van der Waals surface area contributed by atoms with E-state index in [9.17, 15) is 4.39 Å². The number of aromatic nitrogens is 3. The van der Waals surface area contributed by atoms with E-state index < -0.39 is 0 Å². The van der Waals surface area contributed by atoms with Gasteiger partial charge in [0, 0.05) is 13.1 Å². The molecule has 0 saturated carbocycles. The average Bonchev–Trinajstić information content (AvgIpc) is 2.66. The predicted molar refractivity (Wildman–Crippen MR) is 56.5 cm³/mol. The third-order valence-corrected chi connectivity index (χ3v) is 2.32. The SMILES string of the molecule is Cc1ccc(OCc2ncnn2C)cc1F. The van der Waals surface area contributed by atoms with E-state index in [2.05, 4.69) is 10.1 Å². The zero-order chi connectivity index (χ0) is 11.5. The molecule has 0 aliphatic heterocycles. The molecular weight excluding hydrogens is 209 g/mol. The van der Waals surface area contributed by atoms with Crippen molar-refractivity contribution in [2.75, 3.05) is 0 Å². The third kappa shape index (κ3) is 2.18. The van der Waals surface area contributed by atoms with Gasteiger partial charge in [-0.3, -0.25) is 4.68 Å². The van der Waals surface area contributed by atoms with Gasteiger partial charge in [0.2, 0.25) is 0 Å². The molecule has 1 aromatic carbocycles. The molecule has 0 spiro atoms. The maximum absolute atomic E-state index is 13.2. The zero-order valence-corrected chi connectivity index (χ0v) is 9.14. The number of benzene rings is 1. The van der Waals surface area contributed by atoms with Crippen LogP contribution in [0.3, 0.4) is 0 Å². The molecule has 4 nitrogen and oxygen atoms in total. The first-order valence-corrected chi connectivity index (χ1v) is 4.88. The number of hydrogen-bond donors (Lipinski definition) is 0. The molecule has 0 N–H and O–H groups in total. The van der Waals surface area contributed by atoms with E-state index in [1.807, 2.05) is 0 Å². The third-order valence-electron chi connectivity index (χ3n) is 2.32. The summed E-state index contributed by atoms with van der Waals surface area (Å²) in [5.41, 5.74) is 0.603. The second kappa shape index (κ2) is 4.30. The van der Waals surface area contributed by atoms with Crippen molar-refractivity contribution in [3.63, 3.8) is 0 Å². The summed E-state index contributed by atoms with van der Waals surface area (Å²) in [6.07, 6.45) is 1.45. The van der Waals surface area contributed by atoms with Gasteiger partial charge in [0.15, 0.2) is 5.82 Å². The van der Waals surface area contributed by atoms with E-state index in [0.29, 0.717) is 17.1 Å². The molecular formula is C11H12FN3O. The van der Waals surface area contributed by atoms with Crippen LogP contribution < -0.4 is 4.74 Å². The van der Waals surface area contributed by atoms with Crippen molar-refractivity contribution >= 4 is 0 Å². The van der Waals surface area contributed by atoms with Crippen LogP contribution in [0.4, 0.5) is 4.39 Å². The molecule has 0 aliphatic rings. The molecule has 0 atom stereocenters. The lowest BCUT2D eigenvalue weighted by Crippen LogP contribution is -2.04. The average molecular weight is 221 g/mol. The summed E-state index contributed by atoms with van der Waals surface area (Å²) in [6.45, 7) is 1.99. The molecule has 1 heterocycles. The second-order valence-corrected chi connectivity index (χ2v) is 3.50. The Labute approximate surface area is 92.7 Å². The van der Waals surface area contributed by atoms with Crippen LogP contribution >= 0.6 is 0 Å². The molecule has 2 aromatic rings. The molecule has 16 heavy (non-hydrogen) atoms. The van der Waals surface area contributed by atoms with E-state index in [1.54, 1.807) is 30.8 Å². The minimum Gasteiger partial charge on any atom is -0.486 e. The molecule has 84 valence electrons. The topological polar surface area (TPSA) is 39.9 Å². The number of halogens is 1. The van der Waals surface area contributed by atoms with Crippen LogP contribution in [0, 0.1) is 12.7 Å². The van der Waals surface area contributed by atoms with E-state index in [1.165, 1.54) is 12.4 Å². The molecule has 5 heteroatoms. The summed E-state index contributed by atoms with van der Waals surface area (Å²) in [4.78, 5) is 4.00. The van der Waals surface area contributed by atoms with E-state index in [-0.39, 0.29) is 12.4 Å². The highest BCUT2D eigenvalue weighted by Gasteiger charge is 2.03. The molecule has 0 amide bonds. The van der Waals surface area contributed by atoms with Gasteiger partial charge in [0.1, 0.15) is 24.5 Å². The lowest BCUT2D eigenvalue weighted by Gasteiger charge is -2.06. The van der Waals surface area contributed by atoms with Crippen LogP contribution in [0.2, 0.25) is 0 Å². The zero-order valence-electron chi connectivity index (χ0n) is 9.14. The number of aryl methyl sites for hydroxylation is 2. The van der Waals surface area contributed by atoms with Crippen LogP contribution in [-0.4, -0.2) is 14.8 Å². The van der Waals surface area contributed by atoms with Gasteiger partial charge in [0.25, 0.3) is 0 Å². The summed E-state index contributed by atoms with van der Waals surface area (Å²) in [6, 6.07) is 4.78. The summed E-state index contributed by atoms with van der Waals surface area (Å²) < 4.78 is 20.2. The Morgan fingerprint density at radius 1 is 1.44 bits per heavy atom. The largest absolute Gasteiger partial charge is 0.486 e. The summed E-state index contributed by atoms with van der Waals surface area (Å²) >= 11 is 0. The highest BCUT2D eigenvalue weighted by molar-refractivity contribution is 5.27. The van der Waals surface area contributed by atoms with Gasteiger partial charge in [-0.25, -0.2) is 9.37 Å². The quantitative estimate of drug-likeness (QED) is 0.794. The molecule has 0 radical (unpaired) electrons. The van der Waals surface area contributed by atoms with Gasteiger partial charge in [0.05, 0.1) is 0 Å². The Morgan fingerprint density at radius 3 is 2.88 bits per heavy atom. The van der Waals surface area contributed by atoms with Gasteiger partial charge >= 0.3 is 0 Å². The molecule has 1 aromatic heterocycles. The first kappa shape index (κ1) is 10.6. The lowest BCUT2D eigenvalue weighted by atomic mass is 10.2. The van der Waals surface area contributed by atoms with Crippen LogP contribution in [0.15, 0.2) is 24.5 Å². The van der Waals surface area contributed by atoms with Crippen LogP contribution in [0.25, 0.3) is 0 Å². The van der Waals surface area contributed by atoms with Crippen LogP contribution in [-0.2, 0) is 13.7 Å². The number of rotatable bonds is 3. The Balaban J connectivity index is 2.05. The van der Waals surface area contributed by atoms with Crippen LogP contribution in [0.1, 0.15) is 11.4 Å². The molecule has 0 fully saturated rings. The Kier molecular flexibility index (Phi) is 2.85. The van der Waals surface area contributed by atoms with Crippen molar-refractivity contribution in [2.24, 2.45) is 7.05 Å². The predicted octanol–water partition coefficient (Wildman–Crippen LogP) is 1.84. The Bertz CT molecular complexity index is 496. The Hall–Kier alpha value is -1.91. The standard InChI is InChI=1S/C11H12FN3O/c1-8-3-4-9(5-10(8)12)16-6-11-13-7-14-15(11)2/h3-5,7H,6H2,1-2H3. The minimum absolute atomic E-state index is 0.268. The molecule has 0 unspecified atom stereocenters. The van der Waals surface area contributed by atoms with Crippen molar-refractivity contribution in [1.82, 2.24) is 14.8 Å². The minimum atomic E-state index is -0.268. The smallest absolute Gasteiger partial charge is 0.164 e. The fraction of sp³-hybridized carbons (Fsp3) is 0.273. The normalized spacial score (nSPS) is 10.4. The highest BCUT2D eigenvalue weighted by Crippen LogP contribution is 2.16. The first-order valence-electron chi connectivity index (χ1n) is 4.88. The maximum Gasteiger partial charge on any atom is 0.164 e. The maximum atomic E-state index is 13.2. The van der Waals surface area contributed by atoms with Crippen molar-refractivity contribution in [2.45, 2.75) is 13.5 Å². The van der Waals surface area contributed by atoms with Crippen molar-refractivity contribution in [1.29, 1.82) is 0 Å². The molecule has 0 saturated heterocycles. The van der Waals surface area contributed by atoms with Crippen molar-refractivity contribution in [3.05, 3.63) is 41.7 Å². The number of ether oxygens (including phenoxy) is 1. The second-order valence-electron chi connectivity index (χ2n) is 3.50. The molecule has 0 bridgehead atoms. The first-order chi connectivity index (χ1) is 7.66. The number of hydrogen-bond acceptors (Lipinski definition) is 3. The number of nitrogens with zero attached hydrogens (tertiary/aromatic N) is 3. The van der Waals surface area contributed by atoms with Crippen molar-refractivity contribution in [3.8, 4) is 5.75 Å². The summed E-state index contributed by atoms with van der Waals surface area (Å²) in [5, 5.41) is 3.91. The summed E-state index contributed by atoms with van der Waals surface area (Å²) in [7, 11) is 1.78. The molecule has 2 rings (SSSR count). The van der Waals surface area contributed by atoms with E-state index in [0.717, 1.165) is 0 Å².